The van der Waals surface area contributed by atoms with E-state index in [9.17, 15) is 4.79 Å². The largest absolute Gasteiger partial charge is 0.299 e. The van der Waals surface area contributed by atoms with Crippen molar-refractivity contribution < 1.29 is 4.79 Å². The van der Waals surface area contributed by atoms with E-state index in [-0.39, 0.29) is 11.2 Å². The lowest BCUT2D eigenvalue weighted by Crippen LogP contribution is -2.20. The van der Waals surface area contributed by atoms with E-state index < -0.39 is 0 Å². The lowest BCUT2D eigenvalue weighted by Gasteiger charge is -2.22. The fourth-order valence-corrected chi connectivity index (χ4v) is 3.71. The molecule has 18 heavy (non-hydrogen) atoms. The molecule has 0 N–H and O–H groups in total. The maximum absolute atomic E-state index is 11.9. The molecule has 0 spiro atoms. The van der Waals surface area contributed by atoms with Crippen LogP contribution < -0.4 is 0 Å². The molecule has 0 aliphatic heterocycles. The van der Waals surface area contributed by atoms with Gasteiger partial charge in [-0.15, -0.1) is 11.3 Å². The summed E-state index contributed by atoms with van der Waals surface area (Å²) in [5.41, 5.74) is 2.17. The van der Waals surface area contributed by atoms with Crippen LogP contribution in [0, 0.1) is 6.92 Å². The van der Waals surface area contributed by atoms with Crippen molar-refractivity contribution in [3.8, 4) is 0 Å². The highest BCUT2D eigenvalue weighted by atomic mass is 32.1. The standard InChI is InChI=1S/C16H20OS/c1-5-13-9-15(18-12(13)3)16(4)7-6-11(2)8-14(17)10-16/h6-7,9H,2,5,8,10H2,1,3-4H3/t16-/m0/s1. The van der Waals surface area contributed by atoms with Gasteiger partial charge in [-0.3, -0.25) is 4.79 Å². The van der Waals surface area contributed by atoms with Crippen molar-refractivity contribution >= 4 is 17.1 Å². The molecule has 0 fully saturated rings. The first-order valence-corrected chi connectivity index (χ1v) is 7.25. The Balaban J connectivity index is 2.42. The molecule has 1 heterocycles. The van der Waals surface area contributed by atoms with E-state index in [0.717, 1.165) is 12.0 Å². The van der Waals surface area contributed by atoms with Crippen LogP contribution in [0.1, 0.15) is 42.0 Å². The van der Waals surface area contributed by atoms with Gasteiger partial charge in [-0.2, -0.15) is 0 Å². The zero-order valence-electron chi connectivity index (χ0n) is 11.4. The minimum Gasteiger partial charge on any atom is -0.299 e. The van der Waals surface area contributed by atoms with Crippen LogP contribution >= 0.6 is 11.3 Å². The SMILES string of the molecule is C=C1C=C[C@](C)(c2cc(CC)c(C)s2)CC(=O)C1. The maximum Gasteiger partial charge on any atom is 0.138 e. The zero-order valence-corrected chi connectivity index (χ0v) is 12.2. The summed E-state index contributed by atoms with van der Waals surface area (Å²) in [7, 11) is 0. The molecule has 96 valence electrons. The summed E-state index contributed by atoms with van der Waals surface area (Å²) in [5.74, 6) is 0.289. The van der Waals surface area contributed by atoms with Crippen LogP contribution in [0.25, 0.3) is 0 Å². The van der Waals surface area contributed by atoms with Crippen molar-refractivity contribution in [3.05, 3.63) is 45.7 Å². The summed E-state index contributed by atoms with van der Waals surface area (Å²) in [6.45, 7) is 10.4. The molecule has 0 unspecified atom stereocenters. The molecule has 1 atom stereocenters. The minimum atomic E-state index is -0.153. The molecule has 1 aromatic heterocycles. The molecule has 0 radical (unpaired) electrons. The molecule has 0 saturated carbocycles. The molecule has 1 aromatic rings. The van der Waals surface area contributed by atoms with Crippen LogP contribution in [0.15, 0.2) is 30.4 Å². The van der Waals surface area contributed by atoms with Crippen molar-refractivity contribution in [1.29, 1.82) is 0 Å². The van der Waals surface area contributed by atoms with Crippen LogP contribution in [0.3, 0.4) is 0 Å². The summed E-state index contributed by atoms with van der Waals surface area (Å²) in [6.07, 6.45) is 6.32. The van der Waals surface area contributed by atoms with Crippen LogP contribution in [-0.4, -0.2) is 5.78 Å². The average Bonchev–Trinajstić information content (AvgIpc) is 2.62. The van der Waals surface area contributed by atoms with Gasteiger partial charge in [-0.25, -0.2) is 0 Å². The summed E-state index contributed by atoms with van der Waals surface area (Å²) >= 11 is 1.82. The molecule has 0 aromatic carbocycles. The predicted octanol–water partition coefficient (Wildman–Crippen LogP) is 4.35. The van der Waals surface area contributed by atoms with E-state index in [0.29, 0.717) is 12.8 Å². The Kier molecular flexibility index (Phi) is 3.58. The Morgan fingerprint density at radius 3 is 2.83 bits per heavy atom. The molecular formula is C16H20OS. The zero-order chi connectivity index (χ0) is 13.3. The van der Waals surface area contributed by atoms with Crippen molar-refractivity contribution in [3.63, 3.8) is 0 Å². The fraction of sp³-hybridized carbons (Fsp3) is 0.438. The van der Waals surface area contributed by atoms with Crippen molar-refractivity contribution in [2.24, 2.45) is 0 Å². The van der Waals surface area contributed by atoms with Gasteiger partial charge < -0.3 is 0 Å². The average molecular weight is 260 g/mol. The third-order valence-corrected chi connectivity index (χ3v) is 5.01. The monoisotopic (exact) mass is 260 g/mol. The van der Waals surface area contributed by atoms with E-state index in [1.54, 1.807) is 0 Å². The lowest BCUT2D eigenvalue weighted by molar-refractivity contribution is -0.119. The van der Waals surface area contributed by atoms with Gasteiger partial charge in [0.05, 0.1) is 0 Å². The number of allylic oxidation sites excluding steroid dienone is 3. The Bertz CT molecular complexity index is 521. The summed E-state index contributed by atoms with van der Waals surface area (Å²) < 4.78 is 0. The quantitative estimate of drug-likeness (QED) is 0.772. The summed E-state index contributed by atoms with van der Waals surface area (Å²) in [6, 6.07) is 2.27. The van der Waals surface area contributed by atoms with Crippen LogP contribution in [-0.2, 0) is 16.6 Å². The number of carbonyl (C=O) groups excluding carboxylic acids is 1. The molecule has 2 rings (SSSR count). The van der Waals surface area contributed by atoms with Crippen molar-refractivity contribution in [1.82, 2.24) is 0 Å². The van der Waals surface area contributed by atoms with Gasteiger partial charge in [0.1, 0.15) is 5.78 Å². The number of aryl methyl sites for hydroxylation is 2. The van der Waals surface area contributed by atoms with E-state index in [4.69, 9.17) is 0 Å². The highest BCUT2D eigenvalue weighted by Gasteiger charge is 2.30. The van der Waals surface area contributed by atoms with Crippen LogP contribution in [0.2, 0.25) is 0 Å². The number of hydrogen-bond acceptors (Lipinski definition) is 2. The number of hydrogen-bond donors (Lipinski definition) is 0. The number of ketones is 1. The summed E-state index contributed by atoms with van der Waals surface area (Å²) in [5, 5.41) is 0. The molecule has 0 bridgehead atoms. The summed E-state index contributed by atoms with van der Waals surface area (Å²) in [4.78, 5) is 14.6. The van der Waals surface area contributed by atoms with E-state index in [1.165, 1.54) is 15.3 Å². The Morgan fingerprint density at radius 2 is 2.22 bits per heavy atom. The van der Waals surface area contributed by atoms with Gasteiger partial charge in [-0.05, 0) is 30.5 Å². The molecule has 1 aliphatic rings. The van der Waals surface area contributed by atoms with Gasteiger partial charge in [0, 0.05) is 28.0 Å². The highest BCUT2D eigenvalue weighted by molar-refractivity contribution is 7.12. The molecule has 0 saturated heterocycles. The Morgan fingerprint density at radius 1 is 1.50 bits per heavy atom. The number of thiophene rings is 1. The number of rotatable bonds is 2. The second kappa shape index (κ2) is 4.85. The molecule has 2 heteroatoms. The van der Waals surface area contributed by atoms with Gasteiger partial charge in [0.15, 0.2) is 0 Å². The van der Waals surface area contributed by atoms with Crippen LogP contribution in [0.5, 0.6) is 0 Å². The molecule has 0 amide bonds. The molecule has 1 aliphatic carbocycles. The Labute approximate surface area is 113 Å². The second-order valence-corrected chi connectivity index (χ2v) is 6.60. The molecular weight excluding hydrogens is 240 g/mol. The van der Waals surface area contributed by atoms with E-state index in [2.05, 4.69) is 39.5 Å². The first-order chi connectivity index (χ1) is 8.44. The third kappa shape index (κ3) is 2.49. The highest BCUT2D eigenvalue weighted by Crippen LogP contribution is 2.38. The maximum atomic E-state index is 11.9. The normalized spacial score (nSPS) is 24.4. The predicted molar refractivity (Wildman–Crippen MR) is 78.3 cm³/mol. The van der Waals surface area contributed by atoms with Gasteiger partial charge >= 0.3 is 0 Å². The minimum absolute atomic E-state index is 0.153. The number of Topliss-reactive ketones (excluding diaryl/α,β-unsaturated/α-hetero) is 1. The smallest absolute Gasteiger partial charge is 0.138 e. The fourth-order valence-electron chi connectivity index (χ4n) is 2.47. The van der Waals surface area contributed by atoms with Gasteiger partial charge in [0.2, 0.25) is 0 Å². The van der Waals surface area contributed by atoms with E-state index >= 15 is 0 Å². The molecule has 1 nitrogen and oxygen atoms in total. The second-order valence-electron chi connectivity index (χ2n) is 5.35. The first-order valence-electron chi connectivity index (χ1n) is 6.43. The van der Waals surface area contributed by atoms with Gasteiger partial charge in [-0.1, -0.05) is 32.6 Å². The topological polar surface area (TPSA) is 17.1 Å². The van der Waals surface area contributed by atoms with Crippen molar-refractivity contribution in [2.75, 3.05) is 0 Å². The van der Waals surface area contributed by atoms with Crippen molar-refractivity contribution in [2.45, 2.75) is 45.4 Å². The number of carbonyl (C=O) groups is 1. The Hall–Kier alpha value is -1.15. The van der Waals surface area contributed by atoms with Gasteiger partial charge in [0.25, 0.3) is 0 Å². The lowest BCUT2D eigenvalue weighted by atomic mass is 9.83. The first kappa shape index (κ1) is 13.3. The van der Waals surface area contributed by atoms with E-state index in [1.807, 2.05) is 17.4 Å². The van der Waals surface area contributed by atoms with Crippen LogP contribution in [0.4, 0.5) is 0 Å². The third-order valence-electron chi connectivity index (χ3n) is 3.64.